The lowest BCUT2D eigenvalue weighted by atomic mass is 9.92. The second-order valence-corrected chi connectivity index (χ2v) is 7.29. The molecule has 1 fully saturated rings. The van der Waals surface area contributed by atoms with E-state index in [-0.39, 0.29) is 0 Å². The fourth-order valence-electron chi connectivity index (χ4n) is 3.69. The topological polar surface area (TPSA) is 49.7 Å². The molecule has 24 heavy (non-hydrogen) atoms. The molecule has 1 N–H and O–H groups in total. The molecular formula is C18H23N5S. The Kier molecular flexibility index (Phi) is 4.49. The molecule has 0 radical (unpaired) electrons. The van der Waals surface area contributed by atoms with Gasteiger partial charge in [0.25, 0.3) is 0 Å². The highest BCUT2D eigenvalue weighted by atomic mass is 32.1. The van der Waals surface area contributed by atoms with E-state index in [4.69, 9.17) is 0 Å². The number of aromatic nitrogens is 4. The number of hydrogen-bond acceptors (Lipinski definition) is 4. The number of nitrogens with zero attached hydrogens (tertiary/aromatic N) is 4. The highest BCUT2D eigenvalue weighted by Gasteiger charge is 2.25. The van der Waals surface area contributed by atoms with Gasteiger partial charge in [0.2, 0.25) is 0 Å². The van der Waals surface area contributed by atoms with Crippen molar-refractivity contribution >= 4 is 11.3 Å². The number of nitrogens with one attached hydrogen (secondary N) is 1. The molecule has 0 bridgehead atoms. The van der Waals surface area contributed by atoms with Gasteiger partial charge in [-0.3, -0.25) is 14.6 Å². The molecule has 0 amide bonds. The summed E-state index contributed by atoms with van der Waals surface area (Å²) in [6.07, 6.45) is 9.51. The molecule has 1 aliphatic rings. The number of piperidine rings is 1. The van der Waals surface area contributed by atoms with Gasteiger partial charge >= 0.3 is 0 Å². The van der Waals surface area contributed by atoms with Gasteiger partial charge in [0.1, 0.15) is 0 Å². The van der Waals surface area contributed by atoms with Crippen molar-refractivity contribution in [2.45, 2.75) is 38.6 Å². The first-order valence-corrected chi connectivity index (χ1v) is 9.53. The largest absolute Gasteiger partial charge is 0.297 e. The van der Waals surface area contributed by atoms with Crippen molar-refractivity contribution in [2.24, 2.45) is 0 Å². The van der Waals surface area contributed by atoms with E-state index in [0.29, 0.717) is 5.92 Å². The van der Waals surface area contributed by atoms with Gasteiger partial charge in [-0.2, -0.15) is 5.10 Å². The van der Waals surface area contributed by atoms with E-state index >= 15 is 0 Å². The lowest BCUT2D eigenvalue weighted by Crippen LogP contribution is -2.34. The second kappa shape index (κ2) is 6.91. The molecule has 3 aromatic rings. The Bertz CT molecular complexity index is 773. The zero-order valence-corrected chi connectivity index (χ0v) is 14.8. The third-order valence-corrected chi connectivity index (χ3v) is 5.66. The lowest BCUT2D eigenvalue weighted by Gasteiger charge is -2.32. The van der Waals surface area contributed by atoms with Crippen LogP contribution in [0.25, 0.3) is 5.13 Å². The number of thiazole rings is 1. The molecule has 1 aliphatic heterocycles. The first-order chi connectivity index (χ1) is 11.8. The van der Waals surface area contributed by atoms with Crippen LogP contribution < -0.4 is 0 Å². The SMILES string of the molecule is CCc1cn[nH]c1[C@H]1CCCN(Cc2cccn2-c2nccs2)C1. The van der Waals surface area contributed by atoms with Gasteiger partial charge in [0, 0.05) is 48.2 Å². The van der Waals surface area contributed by atoms with Gasteiger partial charge in [-0.25, -0.2) is 4.98 Å². The Labute approximate surface area is 146 Å². The Balaban J connectivity index is 1.49. The zero-order valence-electron chi connectivity index (χ0n) is 14.0. The van der Waals surface area contributed by atoms with E-state index < -0.39 is 0 Å². The third-order valence-electron chi connectivity index (χ3n) is 4.89. The molecule has 0 aromatic carbocycles. The average molecular weight is 341 g/mol. The normalized spacial score (nSPS) is 19.0. The van der Waals surface area contributed by atoms with Crippen LogP contribution in [0.1, 0.15) is 42.6 Å². The number of rotatable bonds is 5. The van der Waals surface area contributed by atoms with Crippen LogP contribution in [0.4, 0.5) is 0 Å². The predicted molar refractivity (Wildman–Crippen MR) is 96.7 cm³/mol. The number of likely N-dealkylation sites (tertiary alicyclic amines) is 1. The van der Waals surface area contributed by atoms with Crippen LogP contribution in [0.15, 0.2) is 36.1 Å². The molecule has 1 atom stereocenters. The van der Waals surface area contributed by atoms with Crippen LogP contribution in [-0.4, -0.2) is 37.7 Å². The molecule has 6 heteroatoms. The summed E-state index contributed by atoms with van der Waals surface area (Å²) in [4.78, 5) is 7.00. The maximum absolute atomic E-state index is 4.44. The molecule has 3 aromatic heterocycles. The van der Waals surface area contributed by atoms with E-state index in [9.17, 15) is 0 Å². The van der Waals surface area contributed by atoms with Gasteiger partial charge < -0.3 is 0 Å². The van der Waals surface area contributed by atoms with Crippen LogP contribution >= 0.6 is 11.3 Å². The third kappa shape index (κ3) is 3.03. The first-order valence-electron chi connectivity index (χ1n) is 8.65. The van der Waals surface area contributed by atoms with Crippen LogP contribution in [0.3, 0.4) is 0 Å². The Hall–Kier alpha value is -1.92. The van der Waals surface area contributed by atoms with Gasteiger partial charge in [0.15, 0.2) is 5.13 Å². The standard InChI is InChI=1S/C18H23N5S/c1-2-14-11-20-21-17(14)15-5-3-8-22(12-15)13-16-6-4-9-23(16)18-19-7-10-24-18/h4,6-7,9-11,15H,2-3,5,8,12-13H2,1H3,(H,20,21)/t15-/m0/s1. The van der Waals surface area contributed by atoms with Gasteiger partial charge in [-0.1, -0.05) is 6.92 Å². The van der Waals surface area contributed by atoms with Crippen molar-refractivity contribution in [1.82, 2.24) is 24.6 Å². The molecule has 0 unspecified atom stereocenters. The van der Waals surface area contributed by atoms with E-state index in [1.165, 1.54) is 29.8 Å². The molecule has 4 rings (SSSR count). The fourth-order valence-corrected chi connectivity index (χ4v) is 4.34. The Morgan fingerprint density at radius 2 is 2.38 bits per heavy atom. The summed E-state index contributed by atoms with van der Waals surface area (Å²) in [6.45, 7) is 5.43. The predicted octanol–water partition coefficient (Wildman–Crippen LogP) is 3.60. The molecule has 0 saturated carbocycles. The van der Waals surface area contributed by atoms with Crippen LogP contribution in [-0.2, 0) is 13.0 Å². The van der Waals surface area contributed by atoms with Crippen LogP contribution in [0, 0.1) is 0 Å². The van der Waals surface area contributed by atoms with E-state index in [2.05, 4.69) is 49.9 Å². The minimum absolute atomic E-state index is 0.569. The van der Waals surface area contributed by atoms with E-state index in [1.54, 1.807) is 11.3 Å². The molecule has 4 heterocycles. The highest BCUT2D eigenvalue weighted by molar-refractivity contribution is 7.12. The zero-order chi connectivity index (χ0) is 16.4. The summed E-state index contributed by atoms with van der Waals surface area (Å²) in [5.74, 6) is 0.569. The molecule has 5 nitrogen and oxygen atoms in total. The molecule has 126 valence electrons. The lowest BCUT2D eigenvalue weighted by molar-refractivity contribution is 0.195. The monoisotopic (exact) mass is 341 g/mol. The average Bonchev–Trinajstić information content (AvgIpc) is 3.35. The van der Waals surface area contributed by atoms with Gasteiger partial charge in [-0.15, -0.1) is 11.3 Å². The number of H-pyrrole nitrogens is 1. The Morgan fingerprint density at radius 3 is 3.21 bits per heavy atom. The summed E-state index contributed by atoms with van der Waals surface area (Å²) in [5.41, 5.74) is 4.02. The highest BCUT2D eigenvalue weighted by Crippen LogP contribution is 2.29. The van der Waals surface area contributed by atoms with Crippen molar-refractivity contribution in [1.29, 1.82) is 0 Å². The van der Waals surface area contributed by atoms with Crippen molar-refractivity contribution < 1.29 is 0 Å². The number of hydrogen-bond donors (Lipinski definition) is 1. The minimum atomic E-state index is 0.569. The smallest absolute Gasteiger partial charge is 0.193 e. The summed E-state index contributed by atoms with van der Waals surface area (Å²) in [6, 6.07) is 4.32. The van der Waals surface area contributed by atoms with E-state index in [0.717, 1.165) is 31.2 Å². The Morgan fingerprint density at radius 1 is 1.42 bits per heavy atom. The van der Waals surface area contributed by atoms with E-state index in [1.807, 2.05) is 17.8 Å². The first kappa shape index (κ1) is 15.6. The fraction of sp³-hybridized carbons (Fsp3) is 0.444. The van der Waals surface area contributed by atoms with Crippen molar-refractivity contribution in [3.63, 3.8) is 0 Å². The second-order valence-electron chi connectivity index (χ2n) is 6.42. The molecule has 0 aliphatic carbocycles. The van der Waals surface area contributed by atoms with Gasteiger partial charge in [0.05, 0.1) is 6.20 Å². The summed E-state index contributed by atoms with van der Waals surface area (Å²) in [7, 11) is 0. The van der Waals surface area contributed by atoms with Crippen molar-refractivity contribution in [3.8, 4) is 5.13 Å². The van der Waals surface area contributed by atoms with Crippen LogP contribution in [0.5, 0.6) is 0 Å². The van der Waals surface area contributed by atoms with Crippen molar-refractivity contribution in [3.05, 3.63) is 53.1 Å². The number of aryl methyl sites for hydroxylation is 1. The van der Waals surface area contributed by atoms with Crippen LogP contribution in [0.2, 0.25) is 0 Å². The minimum Gasteiger partial charge on any atom is -0.297 e. The molecule has 1 saturated heterocycles. The number of aromatic amines is 1. The summed E-state index contributed by atoms with van der Waals surface area (Å²) in [5, 5.41) is 10.6. The summed E-state index contributed by atoms with van der Waals surface area (Å²) >= 11 is 1.68. The quantitative estimate of drug-likeness (QED) is 0.771. The maximum atomic E-state index is 4.44. The van der Waals surface area contributed by atoms with Gasteiger partial charge in [-0.05, 0) is 43.5 Å². The van der Waals surface area contributed by atoms with Crippen molar-refractivity contribution in [2.75, 3.05) is 13.1 Å². The maximum Gasteiger partial charge on any atom is 0.193 e. The molecular weight excluding hydrogens is 318 g/mol. The summed E-state index contributed by atoms with van der Waals surface area (Å²) < 4.78 is 2.21. The molecule has 0 spiro atoms.